The van der Waals surface area contributed by atoms with Crippen molar-refractivity contribution < 1.29 is 26.4 Å². The van der Waals surface area contributed by atoms with Gasteiger partial charge in [-0.1, -0.05) is 12.1 Å². The zero-order valence-corrected chi connectivity index (χ0v) is 14.5. The van der Waals surface area contributed by atoms with Crippen LogP contribution >= 0.6 is 0 Å². The molecule has 1 aromatic heterocycles. The first kappa shape index (κ1) is 18.7. The topological polar surface area (TPSA) is 68.2 Å². The van der Waals surface area contributed by atoms with Gasteiger partial charge in [0.25, 0.3) is 15.9 Å². The predicted octanol–water partition coefficient (Wildman–Crippen LogP) is 3.61. The van der Waals surface area contributed by atoms with E-state index in [0.29, 0.717) is 11.8 Å². The van der Waals surface area contributed by atoms with Crippen LogP contribution in [0.1, 0.15) is 15.9 Å². The lowest BCUT2D eigenvalue weighted by Crippen LogP contribution is -2.30. The number of alkyl halides is 3. The first-order valence-corrected chi connectivity index (χ1v) is 9.13. The summed E-state index contributed by atoms with van der Waals surface area (Å²) in [7, 11) is -4.46. The number of nitrogens with zero attached hydrogens (tertiary/aromatic N) is 1. The van der Waals surface area contributed by atoms with Gasteiger partial charge in [0.1, 0.15) is 0 Å². The van der Waals surface area contributed by atoms with Crippen LogP contribution in [-0.4, -0.2) is 18.9 Å². The molecule has 0 spiro atoms. The fourth-order valence-electron chi connectivity index (χ4n) is 2.39. The molecular weight excluding hydrogens is 381 g/mol. The average Bonchev–Trinajstić information content (AvgIpc) is 3.15. The third-order valence-corrected chi connectivity index (χ3v) is 5.04. The minimum Gasteiger partial charge on any atom is -0.324 e. The molecule has 1 N–H and O–H groups in total. The van der Waals surface area contributed by atoms with E-state index in [1.165, 1.54) is 12.1 Å². The highest BCUT2D eigenvalue weighted by molar-refractivity contribution is 7.90. The molecule has 2 aromatic carbocycles. The monoisotopic (exact) mass is 394 g/mol. The summed E-state index contributed by atoms with van der Waals surface area (Å²) >= 11 is 0. The first-order chi connectivity index (χ1) is 12.7. The van der Waals surface area contributed by atoms with Crippen LogP contribution in [-0.2, 0) is 16.2 Å². The highest BCUT2D eigenvalue weighted by Crippen LogP contribution is 2.30. The van der Waals surface area contributed by atoms with Gasteiger partial charge in [0, 0.05) is 23.6 Å². The molecule has 0 aliphatic heterocycles. The van der Waals surface area contributed by atoms with Crippen LogP contribution in [0.4, 0.5) is 13.2 Å². The quantitative estimate of drug-likeness (QED) is 0.735. The summed E-state index contributed by atoms with van der Waals surface area (Å²) in [6, 6.07) is 12.9. The number of sulfonamides is 1. The maximum Gasteiger partial charge on any atom is 0.416 e. The number of carbonyl (C=O) groups is 1. The highest BCUT2D eigenvalue weighted by atomic mass is 32.2. The molecule has 140 valence electrons. The molecule has 9 heteroatoms. The van der Waals surface area contributed by atoms with E-state index in [2.05, 4.69) is 0 Å². The molecule has 27 heavy (non-hydrogen) atoms. The first-order valence-electron chi connectivity index (χ1n) is 7.65. The van der Waals surface area contributed by atoms with Gasteiger partial charge in [0.2, 0.25) is 0 Å². The molecule has 0 aliphatic carbocycles. The molecule has 5 nitrogen and oxygen atoms in total. The summed E-state index contributed by atoms with van der Waals surface area (Å²) in [5.74, 6) is -0.943. The maximum absolute atomic E-state index is 12.8. The fraction of sp³-hybridized carbons (Fsp3) is 0.0556. The molecule has 3 aromatic rings. The van der Waals surface area contributed by atoms with Crippen LogP contribution in [0.5, 0.6) is 0 Å². The second-order valence-electron chi connectivity index (χ2n) is 5.60. The SMILES string of the molecule is O=C(NS(=O)(=O)c1cccc(C(F)(F)F)c1)c1cccc(-n2cccc2)c1. The fourth-order valence-corrected chi connectivity index (χ4v) is 3.41. The van der Waals surface area contributed by atoms with E-state index in [1.54, 1.807) is 45.9 Å². The Morgan fingerprint density at radius 1 is 0.926 bits per heavy atom. The largest absolute Gasteiger partial charge is 0.416 e. The van der Waals surface area contributed by atoms with Crippen LogP contribution in [0.25, 0.3) is 5.69 Å². The Hall–Kier alpha value is -3.07. The van der Waals surface area contributed by atoms with Crippen LogP contribution in [0, 0.1) is 0 Å². The number of hydrogen-bond acceptors (Lipinski definition) is 3. The lowest BCUT2D eigenvalue weighted by Gasteiger charge is -2.11. The van der Waals surface area contributed by atoms with E-state index >= 15 is 0 Å². The van der Waals surface area contributed by atoms with Crippen molar-refractivity contribution in [3.05, 3.63) is 84.2 Å². The van der Waals surface area contributed by atoms with E-state index < -0.39 is 32.6 Å². The molecular formula is C18H13F3N2O3S. The molecule has 0 atom stereocenters. The zero-order chi connectivity index (χ0) is 19.7. The Morgan fingerprint density at radius 3 is 2.26 bits per heavy atom. The van der Waals surface area contributed by atoms with Crippen LogP contribution in [0.3, 0.4) is 0 Å². The second-order valence-corrected chi connectivity index (χ2v) is 7.28. The minimum atomic E-state index is -4.69. The van der Waals surface area contributed by atoms with Crippen LogP contribution < -0.4 is 4.72 Å². The molecule has 0 aliphatic rings. The molecule has 0 fully saturated rings. The van der Waals surface area contributed by atoms with Crippen molar-refractivity contribution in [2.75, 3.05) is 0 Å². The van der Waals surface area contributed by atoms with E-state index in [4.69, 9.17) is 0 Å². The van der Waals surface area contributed by atoms with Crippen LogP contribution in [0.2, 0.25) is 0 Å². The highest BCUT2D eigenvalue weighted by Gasteiger charge is 2.32. The van der Waals surface area contributed by atoms with Gasteiger partial charge in [-0.25, -0.2) is 13.1 Å². The van der Waals surface area contributed by atoms with Crippen molar-refractivity contribution in [1.29, 1.82) is 0 Å². The van der Waals surface area contributed by atoms with Gasteiger partial charge >= 0.3 is 6.18 Å². The number of amides is 1. The third kappa shape index (κ3) is 4.20. The summed E-state index contributed by atoms with van der Waals surface area (Å²) in [4.78, 5) is 11.7. The van der Waals surface area contributed by atoms with E-state index in [9.17, 15) is 26.4 Å². The van der Waals surface area contributed by atoms with Gasteiger partial charge < -0.3 is 4.57 Å². The molecule has 0 unspecified atom stereocenters. The number of carbonyl (C=O) groups excluding carboxylic acids is 1. The van der Waals surface area contributed by atoms with E-state index in [-0.39, 0.29) is 5.56 Å². The maximum atomic E-state index is 12.8. The Labute approximate surface area is 153 Å². The number of benzene rings is 2. The Kier molecular flexibility index (Phi) is 4.79. The molecule has 3 rings (SSSR count). The Morgan fingerprint density at radius 2 is 1.59 bits per heavy atom. The predicted molar refractivity (Wildman–Crippen MR) is 91.9 cm³/mol. The van der Waals surface area contributed by atoms with Crippen molar-refractivity contribution in [1.82, 2.24) is 9.29 Å². The van der Waals surface area contributed by atoms with Crippen molar-refractivity contribution >= 4 is 15.9 Å². The normalized spacial score (nSPS) is 12.0. The summed E-state index contributed by atoms with van der Waals surface area (Å²) in [6.07, 6.45) is -1.20. The number of hydrogen-bond donors (Lipinski definition) is 1. The lowest BCUT2D eigenvalue weighted by molar-refractivity contribution is -0.137. The molecule has 1 heterocycles. The van der Waals surface area contributed by atoms with Crippen molar-refractivity contribution in [3.63, 3.8) is 0 Å². The second kappa shape index (κ2) is 6.92. The summed E-state index contributed by atoms with van der Waals surface area (Å²) in [5, 5.41) is 0. The minimum absolute atomic E-state index is 0.0525. The number of rotatable bonds is 4. The van der Waals surface area contributed by atoms with Gasteiger partial charge in [-0.2, -0.15) is 13.2 Å². The number of nitrogens with one attached hydrogen (secondary N) is 1. The Bertz CT molecular complexity index is 1080. The standard InChI is InChI=1S/C18H13F3N2O3S/c19-18(20,21)14-6-4-8-16(12-14)27(25,26)22-17(24)13-5-3-7-15(11-13)23-9-1-2-10-23/h1-12H,(H,22,24). The van der Waals surface area contributed by atoms with Gasteiger partial charge in [0.15, 0.2) is 0 Å². The molecule has 0 radical (unpaired) electrons. The van der Waals surface area contributed by atoms with Crippen LogP contribution in [0.15, 0.2) is 78.0 Å². The lowest BCUT2D eigenvalue weighted by atomic mass is 10.2. The van der Waals surface area contributed by atoms with Gasteiger partial charge in [-0.3, -0.25) is 4.79 Å². The van der Waals surface area contributed by atoms with Gasteiger partial charge in [-0.05, 0) is 48.5 Å². The summed E-state index contributed by atoms with van der Waals surface area (Å²) in [5.41, 5.74) is -0.437. The summed E-state index contributed by atoms with van der Waals surface area (Å²) in [6.45, 7) is 0. The number of halogens is 3. The van der Waals surface area contributed by atoms with Crippen molar-refractivity contribution in [2.24, 2.45) is 0 Å². The van der Waals surface area contributed by atoms with Crippen molar-refractivity contribution in [3.8, 4) is 5.69 Å². The van der Waals surface area contributed by atoms with Crippen molar-refractivity contribution in [2.45, 2.75) is 11.1 Å². The van der Waals surface area contributed by atoms with E-state index in [0.717, 1.165) is 18.2 Å². The zero-order valence-electron chi connectivity index (χ0n) is 13.6. The number of aromatic nitrogens is 1. The van der Waals surface area contributed by atoms with E-state index in [1.807, 2.05) is 0 Å². The summed E-state index contributed by atoms with van der Waals surface area (Å²) < 4.78 is 66.5. The molecule has 0 saturated heterocycles. The average molecular weight is 394 g/mol. The third-order valence-electron chi connectivity index (χ3n) is 3.71. The molecule has 0 bridgehead atoms. The molecule has 0 saturated carbocycles. The van der Waals surface area contributed by atoms with Gasteiger partial charge in [-0.15, -0.1) is 0 Å². The molecule has 1 amide bonds. The van der Waals surface area contributed by atoms with Gasteiger partial charge in [0.05, 0.1) is 10.5 Å². The smallest absolute Gasteiger partial charge is 0.324 e. The Balaban J connectivity index is 1.86.